The maximum Gasteiger partial charge on any atom is 0.325 e. The van der Waals surface area contributed by atoms with E-state index in [-0.39, 0.29) is 23.8 Å². The number of H-pyrrole nitrogens is 1. The predicted molar refractivity (Wildman–Crippen MR) is 128 cm³/mol. The molecule has 1 N–H and O–H groups in total. The number of carbonyl (C=O) groups is 1. The summed E-state index contributed by atoms with van der Waals surface area (Å²) in [7, 11) is 1.67. The van der Waals surface area contributed by atoms with Gasteiger partial charge in [0.05, 0.1) is 12.6 Å². The van der Waals surface area contributed by atoms with Crippen molar-refractivity contribution >= 4 is 11.7 Å². The molecular weight excluding hydrogens is 433 g/mol. The van der Waals surface area contributed by atoms with Crippen LogP contribution in [0, 0.1) is 5.82 Å². The molecule has 2 aliphatic heterocycles. The van der Waals surface area contributed by atoms with Crippen molar-refractivity contribution in [3.63, 3.8) is 0 Å². The Morgan fingerprint density at radius 3 is 2.71 bits per heavy atom. The first-order valence-corrected chi connectivity index (χ1v) is 11.6. The van der Waals surface area contributed by atoms with Gasteiger partial charge in [0.1, 0.15) is 11.6 Å². The lowest BCUT2D eigenvalue weighted by Crippen LogP contribution is -2.53. The molecule has 178 valence electrons. The van der Waals surface area contributed by atoms with Crippen molar-refractivity contribution in [2.75, 3.05) is 31.6 Å². The molecule has 2 fully saturated rings. The zero-order chi connectivity index (χ0) is 23.9. The van der Waals surface area contributed by atoms with Gasteiger partial charge in [-0.25, -0.2) is 9.18 Å². The molecule has 5 rings (SSSR count). The second kappa shape index (κ2) is 8.76. The van der Waals surface area contributed by atoms with Crippen molar-refractivity contribution in [3.05, 3.63) is 77.9 Å². The number of urea groups is 1. The zero-order valence-electron chi connectivity index (χ0n) is 19.7. The fraction of sp³-hybridized carbons (Fsp3) is 0.385. The summed E-state index contributed by atoms with van der Waals surface area (Å²) in [5.74, 6) is 0.400. The molecule has 0 radical (unpaired) electrons. The summed E-state index contributed by atoms with van der Waals surface area (Å²) < 4.78 is 20.1. The molecule has 1 spiro atoms. The number of hydrogen-bond donors (Lipinski definition) is 1. The van der Waals surface area contributed by atoms with Gasteiger partial charge in [-0.05, 0) is 44.2 Å². The highest BCUT2D eigenvalue weighted by molar-refractivity contribution is 5.97. The molecule has 2 atom stereocenters. The van der Waals surface area contributed by atoms with Crippen LogP contribution >= 0.6 is 0 Å². The first-order chi connectivity index (χ1) is 16.4. The number of halogens is 1. The molecule has 1 unspecified atom stereocenters. The number of para-hydroxylation sites is 1. The van der Waals surface area contributed by atoms with Gasteiger partial charge >= 0.3 is 6.03 Å². The molecule has 2 saturated heterocycles. The van der Waals surface area contributed by atoms with Crippen LogP contribution in [-0.2, 0) is 6.54 Å². The molecule has 7 nitrogen and oxygen atoms in total. The first kappa shape index (κ1) is 22.4. The largest absolute Gasteiger partial charge is 0.496 e. The van der Waals surface area contributed by atoms with Crippen LogP contribution in [0.25, 0.3) is 0 Å². The number of hydrogen-bond acceptors (Lipinski definition) is 4. The van der Waals surface area contributed by atoms with E-state index in [2.05, 4.69) is 21.2 Å². The molecule has 0 saturated carbocycles. The Morgan fingerprint density at radius 1 is 1.18 bits per heavy atom. The van der Waals surface area contributed by atoms with Crippen molar-refractivity contribution in [3.8, 4) is 5.75 Å². The van der Waals surface area contributed by atoms with Gasteiger partial charge in [0.2, 0.25) is 0 Å². The summed E-state index contributed by atoms with van der Waals surface area (Å²) in [4.78, 5) is 19.9. The maximum atomic E-state index is 14.4. The van der Waals surface area contributed by atoms with Gasteiger partial charge < -0.3 is 9.64 Å². The van der Waals surface area contributed by atoms with Crippen LogP contribution in [-0.4, -0.2) is 64.4 Å². The number of methoxy groups -OCH3 is 1. The van der Waals surface area contributed by atoms with Crippen LogP contribution in [0.3, 0.4) is 0 Å². The number of rotatable bonds is 6. The third-order valence-electron chi connectivity index (χ3n) is 7.07. The average molecular weight is 464 g/mol. The van der Waals surface area contributed by atoms with Gasteiger partial charge in [-0.1, -0.05) is 24.3 Å². The lowest BCUT2D eigenvalue weighted by molar-refractivity contribution is 0.205. The smallest absolute Gasteiger partial charge is 0.325 e. The number of amides is 2. The van der Waals surface area contributed by atoms with Gasteiger partial charge in [-0.3, -0.25) is 14.9 Å². The standard InChI is InChI=1S/C26H30FN5O2/c1-18(2)31-17-26(32(25(31)33)21-8-6-7-19(27)13-21)16-30(14-20-11-12-28-29-20)15-23(26)22-9-4-5-10-24(22)34-3/h4-13,18,23H,14-17H2,1-3H3,(H,28,29)/t23?,26-/m1/s1. The molecule has 2 amide bonds. The van der Waals surface area contributed by atoms with Crippen molar-refractivity contribution in [1.29, 1.82) is 0 Å². The zero-order valence-corrected chi connectivity index (χ0v) is 19.7. The normalized spacial score (nSPS) is 23.0. The number of ether oxygens (including phenoxy) is 1. The second-order valence-electron chi connectivity index (χ2n) is 9.47. The molecule has 0 aliphatic carbocycles. The van der Waals surface area contributed by atoms with E-state index in [4.69, 9.17) is 4.74 Å². The van der Waals surface area contributed by atoms with Crippen LogP contribution in [0.1, 0.15) is 31.0 Å². The number of benzene rings is 2. The van der Waals surface area contributed by atoms with E-state index in [1.807, 2.05) is 54.0 Å². The predicted octanol–water partition coefficient (Wildman–Crippen LogP) is 4.25. The SMILES string of the molecule is COc1ccccc1C1CN(Cc2ccn[nH]2)C[C@@]12CN(C(C)C)C(=O)N2c1cccc(F)c1. The van der Waals surface area contributed by atoms with Crippen LogP contribution in [0.4, 0.5) is 14.9 Å². The van der Waals surface area contributed by atoms with Gasteiger partial charge in [0.15, 0.2) is 0 Å². The molecule has 2 aliphatic rings. The molecule has 1 aromatic heterocycles. The van der Waals surface area contributed by atoms with E-state index in [0.717, 1.165) is 23.6 Å². The second-order valence-corrected chi connectivity index (χ2v) is 9.47. The highest BCUT2D eigenvalue weighted by atomic mass is 19.1. The Bertz CT molecular complexity index is 1170. The Labute approximate surface area is 199 Å². The number of carbonyl (C=O) groups excluding carboxylic acids is 1. The minimum atomic E-state index is -0.593. The number of aromatic nitrogens is 2. The number of nitrogens with one attached hydrogen (secondary N) is 1. The summed E-state index contributed by atoms with van der Waals surface area (Å²) in [5, 5.41) is 7.14. The number of nitrogens with zero attached hydrogens (tertiary/aromatic N) is 4. The Balaban J connectivity index is 1.65. The van der Waals surface area contributed by atoms with E-state index in [9.17, 15) is 9.18 Å². The Hall–Kier alpha value is -3.39. The van der Waals surface area contributed by atoms with Crippen molar-refractivity contribution in [2.24, 2.45) is 0 Å². The van der Waals surface area contributed by atoms with Gasteiger partial charge in [-0.15, -0.1) is 0 Å². The minimum Gasteiger partial charge on any atom is -0.496 e. The summed E-state index contributed by atoms with van der Waals surface area (Å²) in [6.07, 6.45) is 1.75. The highest BCUT2D eigenvalue weighted by Gasteiger charge is 2.60. The molecule has 3 heterocycles. The van der Waals surface area contributed by atoms with E-state index >= 15 is 0 Å². The van der Waals surface area contributed by atoms with E-state index in [1.54, 1.807) is 19.4 Å². The number of aromatic amines is 1. The summed E-state index contributed by atoms with van der Waals surface area (Å²) in [6, 6.07) is 16.3. The summed E-state index contributed by atoms with van der Waals surface area (Å²) >= 11 is 0. The van der Waals surface area contributed by atoms with Gasteiger partial charge in [0.25, 0.3) is 0 Å². The molecule has 34 heavy (non-hydrogen) atoms. The van der Waals surface area contributed by atoms with E-state index in [0.29, 0.717) is 25.3 Å². The molecule has 3 aromatic rings. The van der Waals surface area contributed by atoms with E-state index in [1.165, 1.54) is 12.1 Å². The fourth-order valence-corrected chi connectivity index (χ4v) is 5.59. The highest BCUT2D eigenvalue weighted by Crippen LogP contribution is 2.49. The third kappa shape index (κ3) is 3.72. The van der Waals surface area contributed by atoms with Crippen LogP contribution in [0.15, 0.2) is 60.8 Å². The minimum absolute atomic E-state index is 0.0166. The lowest BCUT2D eigenvalue weighted by Gasteiger charge is -2.38. The number of anilines is 1. The van der Waals surface area contributed by atoms with Crippen molar-refractivity contribution < 1.29 is 13.9 Å². The first-order valence-electron chi connectivity index (χ1n) is 11.6. The third-order valence-corrected chi connectivity index (χ3v) is 7.07. The summed E-state index contributed by atoms with van der Waals surface area (Å²) in [5.41, 5.74) is 2.05. The molecule has 2 aromatic carbocycles. The average Bonchev–Trinajstić information content (AvgIpc) is 3.52. The lowest BCUT2D eigenvalue weighted by atomic mass is 9.80. The van der Waals surface area contributed by atoms with Crippen LogP contribution in [0.2, 0.25) is 0 Å². The topological polar surface area (TPSA) is 64.7 Å². The Morgan fingerprint density at radius 2 is 2.00 bits per heavy atom. The quantitative estimate of drug-likeness (QED) is 0.594. The Kier molecular flexibility index (Phi) is 5.77. The van der Waals surface area contributed by atoms with Crippen LogP contribution in [0.5, 0.6) is 5.75 Å². The van der Waals surface area contributed by atoms with Crippen LogP contribution < -0.4 is 9.64 Å². The fourth-order valence-electron chi connectivity index (χ4n) is 5.59. The number of likely N-dealkylation sites (tertiary alicyclic amines) is 1. The van der Waals surface area contributed by atoms with E-state index < -0.39 is 5.54 Å². The van der Waals surface area contributed by atoms with Crippen molar-refractivity contribution in [1.82, 2.24) is 20.0 Å². The van der Waals surface area contributed by atoms with Crippen molar-refractivity contribution in [2.45, 2.75) is 37.9 Å². The maximum absolute atomic E-state index is 14.4. The molecule has 8 heteroatoms. The van der Waals surface area contributed by atoms with Gasteiger partial charge in [0, 0.05) is 61.3 Å². The summed E-state index contributed by atoms with van der Waals surface area (Å²) in [6.45, 7) is 6.64. The van der Waals surface area contributed by atoms with Gasteiger partial charge in [-0.2, -0.15) is 5.10 Å². The molecular formula is C26H30FN5O2. The molecule has 0 bridgehead atoms. The monoisotopic (exact) mass is 463 g/mol.